The van der Waals surface area contributed by atoms with E-state index in [0.29, 0.717) is 18.2 Å². The topological polar surface area (TPSA) is 61.4 Å². The lowest BCUT2D eigenvalue weighted by molar-refractivity contribution is -0.115. The van der Waals surface area contributed by atoms with Crippen LogP contribution in [0.2, 0.25) is 0 Å². The first-order valence-electron chi connectivity index (χ1n) is 10.7. The molecule has 152 valence electrons. The van der Waals surface area contributed by atoms with Gasteiger partial charge in [0.15, 0.2) is 0 Å². The normalized spacial score (nSPS) is 16.8. The van der Waals surface area contributed by atoms with Gasteiger partial charge in [0.2, 0.25) is 5.91 Å². The van der Waals surface area contributed by atoms with Gasteiger partial charge in [0.1, 0.15) is 0 Å². The Kier molecular flexibility index (Phi) is 6.13. The van der Waals surface area contributed by atoms with Gasteiger partial charge in [-0.1, -0.05) is 37.5 Å². The highest BCUT2D eigenvalue weighted by Crippen LogP contribution is 2.26. The van der Waals surface area contributed by atoms with Gasteiger partial charge in [-0.05, 0) is 61.6 Å². The van der Waals surface area contributed by atoms with Crippen LogP contribution in [0.4, 0.5) is 11.4 Å². The average molecular weight is 392 g/mol. The van der Waals surface area contributed by atoms with Crippen LogP contribution in [0.5, 0.6) is 0 Å². The van der Waals surface area contributed by atoms with Gasteiger partial charge in [0.25, 0.3) is 5.91 Å². The molecule has 1 saturated carbocycles. The minimum atomic E-state index is -0.0406. The first-order valence-corrected chi connectivity index (χ1v) is 10.7. The lowest BCUT2D eigenvalue weighted by Crippen LogP contribution is -2.37. The molecule has 0 unspecified atom stereocenters. The third-order valence-corrected chi connectivity index (χ3v) is 5.91. The molecule has 2 aromatic rings. The van der Waals surface area contributed by atoms with E-state index in [9.17, 15) is 9.59 Å². The molecule has 2 amide bonds. The molecule has 4 rings (SSSR count). The summed E-state index contributed by atoms with van der Waals surface area (Å²) in [6.45, 7) is 1.23. The maximum atomic E-state index is 12.5. The molecule has 2 aliphatic rings. The van der Waals surface area contributed by atoms with E-state index in [1.165, 1.54) is 24.8 Å². The molecule has 0 saturated heterocycles. The molecule has 1 aliphatic heterocycles. The highest BCUT2D eigenvalue weighted by atomic mass is 16.2. The predicted molar refractivity (Wildman–Crippen MR) is 116 cm³/mol. The summed E-state index contributed by atoms with van der Waals surface area (Å²) in [7, 11) is 0. The molecule has 1 heterocycles. The van der Waals surface area contributed by atoms with E-state index < -0.39 is 0 Å². The fourth-order valence-electron chi connectivity index (χ4n) is 4.37. The summed E-state index contributed by atoms with van der Waals surface area (Å²) < 4.78 is 0. The molecular weight excluding hydrogens is 362 g/mol. The molecule has 1 aliphatic carbocycles. The van der Waals surface area contributed by atoms with E-state index in [4.69, 9.17) is 0 Å². The van der Waals surface area contributed by atoms with Gasteiger partial charge in [-0.3, -0.25) is 9.59 Å². The zero-order valence-electron chi connectivity index (χ0n) is 16.8. The van der Waals surface area contributed by atoms with Crippen LogP contribution in [0.3, 0.4) is 0 Å². The third kappa shape index (κ3) is 4.97. The maximum absolute atomic E-state index is 12.5. The number of benzene rings is 2. The van der Waals surface area contributed by atoms with Crippen LogP contribution < -0.4 is 15.5 Å². The molecule has 0 radical (unpaired) electrons. The van der Waals surface area contributed by atoms with E-state index >= 15 is 0 Å². The molecule has 1 fully saturated rings. The Morgan fingerprint density at radius 2 is 1.69 bits per heavy atom. The highest BCUT2D eigenvalue weighted by Gasteiger charge is 2.19. The van der Waals surface area contributed by atoms with Crippen molar-refractivity contribution in [2.24, 2.45) is 0 Å². The molecule has 0 atom stereocenters. The lowest BCUT2D eigenvalue weighted by Gasteiger charge is -2.30. The van der Waals surface area contributed by atoms with Crippen LogP contribution in [0, 0.1) is 0 Å². The summed E-state index contributed by atoms with van der Waals surface area (Å²) in [6, 6.07) is 15.8. The second kappa shape index (κ2) is 9.12. The number of hydrogen-bond donors (Lipinski definition) is 2. The number of fused-ring (bicyclic) bond motifs is 1. The summed E-state index contributed by atoms with van der Waals surface area (Å²) in [5.41, 5.74) is 3.82. The van der Waals surface area contributed by atoms with Gasteiger partial charge in [0, 0.05) is 29.5 Å². The molecule has 0 aromatic heterocycles. The minimum absolute atomic E-state index is 0.0281. The molecule has 0 spiro atoms. The van der Waals surface area contributed by atoms with Gasteiger partial charge < -0.3 is 15.5 Å². The van der Waals surface area contributed by atoms with Crippen LogP contribution in [0.1, 0.15) is 54.4 Å². The minimum Gasteiger partial charge on any atom is -0.362 e. The van der Waals surface area contributed by atoms with Crippen molar-refractivity contribution in [3.8, 4) is 0 Å². The number of hydrogen-bond acceptors (Lipinski definition) is 3. The smallest absolute Gasteiger partial charge is 0.251 e. The number of para-hydroxylation sites is 1. The molecule has 5 nitrogen and oxygen atoms in total. The van der Waals surface area contributed by atoms with Crippen molar-refractivity contribution in [3.63, 3.8) is 0 Å². The van der Waals surface area contributed by atoms with Crippen LogP contribution in [0.15, 0.2) is 48.5 Å². The Bertz CT molecular complexity index is 857. The van der Waals surface area contributed by atoms with E-state index in [0.717, 1.165) is 43.6 Å². The van der Waals surface area contributed by atoms with Crippen LogP contribution in [-0.2, 0) is 11.2 Å². The van der Waals surface area contributed by atoms with Crippen molar-refractivity contribution < 1.29 is 9.59 Å². The van der Waals surface area contributed by atoms with E-state index in [1.807, 2.05) is 12.1 Å². The Balaban J connectivity index is 1.32. The summed E-state index contributed by atoms with van der Waals surface area (Å²) >= 11 is 0. The fourth-order valence-corrected chi connectivity index (χ4v) is 4.37. The second-order valence-electron chi connectivity index (χ2n) is 8.09. The van der Waals surface area contributed by atoms with Gasteiger partial charge in [-0.2, -0.15) is 0 Å². The third-order valence-electron chi connectivity index (χ3n) is 5.91. The number of amides is 2. The number of anilines is 2. The number of carbonyl (C=O) groups is 2. The Morgan fingerprint density at radius 1 is 0.931 bits per heavy atom. The largest absolute Gasteiger partial charge is 0.362 e. The van der Waals surface area contributed by atoms with Crippen molar-refractivity contribution in [2.75, 3.05) is 23.3 Å². The first kappa shape index (κ1) is 19.5. The summed E-state index contributed by atoms with van der Waals surface area (Å²) in [6.07, 6.45) is 7.92. The summed E-state index contributed by atoms with van der Waals surface area (Å²) in [5, 5.41) is 6.08. The zero-order chi connectivity index (χ0) is 20.1. The molecule has 29 heavy (non-hydrogen) atoms. The predicted octanol–water partition coefficient (Wildman–Crippen LogP) is 4.14. The Hall–Kier alpha value is -2.82. The SMILES string of the molecule is O=C(CN1CCCc2ccccc21)Nc1ccc(C(=O)NC2CCCCC2)cc1. The fraction of sp³-hybridized carbons (Fsp3) is 0.417. The molecular formula is C24H29N3O2. The molecule has 0 bridgehead atoms. The molecule has 2 aromatic carbocycles. The zero-order valence-corrected chi connectivity index (χ0v) is 16.8. The van der Waals surface area contributed by atoms with Crippen LogP contribution in [-0.4, -0.2) is 30.9 Å². The summed E-state index contributed by atoms with van der Waals surface area (Å²) in [4.78, 5) is 27.1. The standard InChI is InChI=1S/C24H29N3O2/c28-23(17-27-16-6-8-18-7-4-5-11-22(18)27)25-21-14-12-19(13-15-21)24(29)26-20-9-2-1-3-10-20/h4-5,7,11-15,20H,1-3,6,8-10,16-17H2,(H,25,28)(H,26,29). The Labute approximate surface area is 172 Å². The lowest BCUT2D eigenvalue weighted by atomic mass is 9.95. The van der Waals surface area contributed by atoms with Gasteiger partial charge in [-0.25, -0.2) is 0 Å². The molecule has 2 N–H and O–H groups in total. The number of rotatable bonds is 5. The van der Waals surface area contributed by atoms with Crippen molar-refractivity contribution >= 4 is 23.2 Å². The highest BCUT2D eigenvalue weighted by molar-refractivity contribution is 5.97. The average Bonchev–Trinajstić information content (AvgIpc) is 2.75. The number of carbonyl (C=O) groups excluding carboxylic acids is 2. The van der Waals surface area contributed by atoms with Gasteiger partial charge >= 0.3 is 0 Å². The second-order valence-corrected chi connectivity index (χ2v) is 8.09. The number of nitrogens with zero attached hydrogens (tertiary/aromatic N) is 1. The van der Waals surface area contributed by atoms with Crippen LogP contribution in [0.25, 0.3) is 0 Å². The Morgan fingerprint density at radius 3 is 2.48 bits per heavy atom. The van der Waals surface area contributed by atoms with Crippen molar-refractivity contribution in [1.29, 1.82) is 0 Å². The molecule has 5 heteroatoms. The van der Waals surface area contributed by atoms with E-state index in [1.54, 1.807) is 24.3 Å². The number of aryl methyl sites for hydroxylation is 1. The first-order chi connectivity index (χ1) is 14.2. The summed E-state index contributed by atoms with van der Waals surface area (Å²) in [5.74, 6) is -0.0687. The van der Waals surface area contributed by atoms with E-state index in [-0.39, 0.29) is 11.8 Å². The maximum Gasteiger partial charge on any atom is 0.251 e. The quantitative estimate of drug-likeness (QED) is 0.805. The van der Waals surface area contributed by atoms with Crippen molar-refractivity contribution in [2.45, 2.75) is 51.0 Å². The van der Waals surface area contributed by atoms with Crippen molar-refractivity contribution in [3.05, 3.63) is 59.7 Å². The van der Waals surface area contributed by atoms with Crippen molar-refractivity contribution in [1.82, 2.24) is 5.32 Å². The van der Waals surface area contributed by atoms with E-state index in [2.05, 4.69) is 27.7 Å². The monoisotopic (exact) mass is 391 g/mol. The van der Waals surface area contributed by atoms with Gasteiger partial charge in [0.05, 0.1) is 6.54 Å². The van der Waals surface area contributed by atoms with Gasteiger partial charge in [-0.15, -0.1) is 0 Å². The van der Waals surface area contributed by atoms with Crippen LogP contribution >= 0.6 is 0 Å². The number of nitrogens with one attached hydrogen (secondary N) is 2.